The van der Waals surface area contributed by atoms with Crippen molar-refractivity contribution in [2.24, 2.45) is 0 Å². The first-order valence-corrected chi connectivity index (χ1v) is 8.72. The van der Waals surface area contributed by atoms with Crippen LogP contribution in [0.15, 0.2) is 48.5 Å². The molecule has 24 heavy (non-hydrogen) atoms. The van der Waals surface area contributed by atoms with Crippen LogP contribution >= 0.6 is 0 Å². The Labute approximate surface area is 145 Å². The molecule has 0 saturated carbocycles. The standard InChI is InChI=1S/C20H29N3O/c1-4-23(5-2)16-6-15-21-17-7-9-18(10-8-17)22-19-11-13-20(24-3)14-12-19/h7-14,21-22H,4-6,15-16H2,1-3H3. The van der Waals surface area contributed by atoms with Crippen molar-refractivity contribution in [3.63, 3.8) is 0 Å². The van der Waals surface area contributed by atoms with Gasteiger partial charge in [-0.2, -0.15) is 0 Å². The zero-order chi connectivity index (χ0) is 17.2. The van der Waals surface area contributed by atoms with E-state index >= 15 is 0 Å². The van der Waals surface area contributed by atoms with Crippen molar-refractivity contribution in [3.05, 3.63) is 48.5 Å². The lowest BCUT2D eigenvalue weighted by molar-refractivity contribution is 0.303. The fourth-order valence-corrected chi connectivity index (χ4v) is 2.59. The van der Waals surface area contributed by atoms with E-state index in [1.165, 1.54) is 0 Å². The maximum absolute atomic E-state index is 5.17. The molecule has 0 amide bonds. The van der Waals surface area contributed by atoms with E-state index in [9.17, 15) is 0 Å². The van der Waals surface area contributed by atoms with Crippen molar-refractivity contribution in [2.75, 3.05) is 43.9 Å². The van der Waals surface area contributed by atoms with Gasteiger partial charge >= 0.3 is 0 Å². The molecule has 0 aliphatic heterocycles. The second-order valence-corrected chi connectivity index (χ2v) is 5.74. The van der Waals surface area contributed by atoms with E-state index in [-0.39, 0.29) is 0 Å². The van der Waals surface area contributed by atoms with Crippen LogP contribution in [0.25, 0.3) is 0 Å². The van der Waals surface area contributed by atoms with Gasteiger partial charge in [-0.1, -0.05) is 13.8 Å². The second-order valence-electron chi connectivity index (χ2n) is 5.74. The fourth-order valence-electron chi connectivity index (χ4n) is 2.59. The van der Waals surface area contributed by atoms with Gasteiger partial charge in [0, 0.05) is 23.6 Å². The summed E-state index contributed by atoms with van der Waals surface area (Å²) in [5.74, 6) is 0.866. The van der Waals surface area contributed by atoms with E-state index < -0.39 is 0 Å². The van der Waals surface area contributed by atoms with Gasteiger partial charge < -0.3 is 20.3 Å². The number of hydrogen-bond acceptors (Lipinski definition) is 4. The summed E-state index contributed by atoms with van der Waals surface area (Å²) in [5, 5.41) is 6.87. The van der Waals surface area contributed by atoms with Gasteiger partial charge in [-0.05, 0) is 74.6 Å². The molecule has 0 atom stereocenters. The van der Waals surface area contributed by atoms with Crippen molar-refractivity contribution in [3.8, 4) is 5.75 Å². The SMILES string of the molecule is CCN(CC)CCCNc1ccc(Nc2ccc(OC)cc2)cc1. The van der Waals surface area contributed by atoms with Gasteiger partial charge in [0.05, 0.1) is 7.11 Å². The molecule has 0 spiro atoms. The molecule has 0 aliphatic carbocycles. The Morgan fingerprint density at radius 1 is 0.833 bits per heavy atom. The van der Waals surface area contributed by atoms with Crippen molar-refractivity contribution in [1.29, 1.82) is 0 Å². The summed E-state index contributed by atoms with van der Waals surface area (Å²) in [6.07, 6.45) is 1.16. The lowest BCUT2D eigenvalue weighted by Crippen LogP contribution is -2.25. The Morgan fingerprint density at radius 2 is 1.38 bits per heavy atom. The zero-order valence-electron chi connectivity index (χ0n) is 15.0. The monoisotopic (exact) mass is 327 g/mol. The van der Waals surface area contributed by atoms with Crippen molar-refractivity contribution >= 4 is 17.1 Å². The number of hydrogen-bond donors (Lipinski definition) is 2. The van der Waals surface area contributed by atoms with Gasteiger partial charge in [0.1, 0.15) is 5.75 Å². The minimum Gasteiger partial charge on any atom is -0.497 e. The molecule has 0 saturated heterocycles. The number of ether oxygens (including phenoxy) is 1. The molecule has 0 unspecified atom stereocenters. The van der Waals surface area contributed by atoms with Crippen LogP contribution in [0.2, 0.25) is 0 Å². The molecule has 4 nitrogen and oxygen atoms in total. The number of rotatable bonds is 10. The third-order valence-electron chi connectivity index (χ3n) is 4.14. The average Bonchev–Trinajstić information content (AvgIpc) is 2.64. The van der Waals surface area contributed by atoms with E-state index in [1.54, 1.807) is 7.11 Å². The van der Waals surface area contributed by atoms with Crippen molar-refractivity contribution in [1.82, 2.24) is 4.90 Å². The highest BCUT2D eigenvalue weighted by Crippen LogP contribution is 2.21. The predicted octanol–water partition coefficient (Wildman–Crippen LogP) is 4.58. The summed E-state index contributed by atoms with van der Waals surface area (Å²) in [6, 6.07) is 16.3. The largest absolute Gasteiger partial charge is 0.497 e. The smallest absolute Gasteiger partial charge is 0.119 e. The van der Waals surface area contributed by atoms with Crippen LogP contribution < -0.4 is 15.4 Å². The fraction of sp³-hybridized carbons (Fsp3) is 0.400. The van der Waals surface area contributed by atoms with Gasteiger partial charge in [-0.3, -0.25) is 0 Å². The number of benzene rings is 2. The maximum Gasteiger partial charge on any atom is 0.119 e. The first-order chi connectivity index (χ1) is 11.7. The predicted molar refractivity (Wildman–Crippen MR) is 104 cm³/mol. The topological polar surface area (TPSA) is 36.5 Å². The Bertz CT molecular complexity index is 577. The second kappa shape index (κ2) is 9.83. The molecular formula is C20H29N3O. The molecule has 0 aromatic heterocycles. The Balaban J connectivity index is 1.77. The minimum absolute atomic E-state index is 0.866. The third-order valence-corrected chi connectivity index (χ3v) is 4.14. The quantitative estimate of drug-likeness (QED) is 0.626. The Kier molecular flexibility index (Phi) is 7.43. The number of anilines is 3. The van der Waals surface area contributed by atoms with Crippen LogP contribution in [0, 0.1) is 0 Å². The van der Waals surface area contributed by atoms with Crippen LogP contribution in [-0.4, -0.2) is 38.2 Å². The molecule has 0 fully saturated rings. The number of nitrogens with zero attached hydrogens (tertiary/aromatic N) is 1. The molecule has 2 aromatic carbocycles. The zero-order valence-corrected chi connectivity index (χ0v) is 15.0. The molecule has 0 radical (unpaired) electrons. The maximum atomic E-state index is 5.17. The van der Waals surface area contributed by atoms with Gasteiger partial charge in [-0.15, -0.1) is 0 Å². The van der Waals surface area contributed by atoms with Crippen LogP contribution in [0.1, 0.15) is 20.3 Å². The molecule has 0 heterocycles. The van der Waals surface area contributed by atoms with E-state index in [2.05, 4.69) is 53.6 Å². The highest BCUT2D eigenvalue weighted by molar-refractivity contribution is 5.62. The van der Waals surface area contributed by atoms with Gasteiger partial charge in [0.2, 0.25) is 0 Å². The molecule has 0 bridgehead atoms. The molecule has 2 aromatic rings. The summed E-state index contributed by atoms with van der Waals surface area (Å²) in [5.41, 5.74) is 3.29. The number of nitrogens with one attached hydrogen (secondary N) is 2. The third kappa shape index (κ3) is 5.78. The summed E-state index contributed by atoms with van der Waals surface area (Å²) in [4.78, 5) is 2.45. The first kappa shape index (κ1) is 18.1. The molecule has 2 rings (SSSR count). The summed E-state index contributed by atoms with van der Waals surface area (Å²) in [7, 11) is 1.68. The van der Waals surface area contributed by atoms with E-state index in [0.29, 0.717) is 0 Å². The number of methoxy groups -OCH3 is 1. The lowest BCUT2D eigenvalue weighted by atomic mass is 10.2. The minimum atomic E-state index is 0.866. The highest BCUT2D eigenvalue weighted by atomic mass is 16.5. The average molecular weight is 327 g/mol. The van der Waals surface area contributed by atoms with E-state index in [0.717, 1.165) is 55.4 Å². The van der Waals surface area contributed by atoms with Gasteiger partial charge in [-0.25, -0.2) is 0 Å². The Morgan fingerprint density at radius 3 is 1.92 bits per heavy atom. The van der Waals surface area contributed by atoms with Crippen LogP contribution in [0.4, 0.5) is 17.1 Å². The summed E-state index contributed by atoms with van der Waals surface area (Å²) in [6.45, 7) is 8.83. The molecule has 130 valence electrons. The first-order valence-electron chi connectivity index (χ1n) is 8.72. The molecule has 0 aliphatic rings. The van der Waals surface area contributed by atoms with Crippen LogP contribution in [0.3, 0.4) is 0 Å². The van der Waals surface area contributed by atoms with Crippen LogP contribution in [0.5, 0.6) is 5.75 Å². The molecule has 2 N–H and O–H groups in total. The van der Waals surface area contributed by atoms with E-state index in [1.807, 2.05) is 24.3 Å². The molecular weight excluding hydrogens is 298 g/mol. The summed E-state index contributed by atoms with van der Waals surface area (Å²) < 4.78 is 5.17. The van der Waals surface area contributed by atoms with E-state index in [4.69, 9.17) is 4.74 Å². The normalized spacial score (nSPS) is 10.7. The van der Waals surface area contributed by atoms with Crippen LogP contribution in [-0.2, 0) is 0 Å². The van der Waals surface area contributed by atoms with Gasteiger partial charge in [0.15, 0.2) is 0 Å². The van der Waals surface area contributed by atoms with Gasteiger partial charge in [0.25, 0.3) is 0 Å². The Hall–Kier alpha value is -2.20. The van der Waals surface area contributed by atoms with Crippen molar-refractivity contribution in [2.45, 2.75) is 20.3 Å². The highest BCUT2D eigenvalue weighted by Gasteiger charge is 1.99. The lowest BCUT2D eigenvalue weighted by Gasteiger charge is -2.18. The van der Waals surface area contributed by atoms with Crippen molar-refractivity contribution < 1.29 is 4.74 Å². The summed E-state index contributed by atoms with van der Waals surface area (Å²) >= 11 is 0. The molecule has 4 heteroatoms.